The van der Waals surface area contributed by atoms with E-state index in [0.29, 0.717) is 24.5 Å². The molecule has 7 heteroatoms. The van der Waals surface area contributed by atoms with Crippen molar-refractivity contribution >= 4 is 0 Å². The molecule has 0 radical (unpaired) electrons. The third-order valence-electron chi connectivity index (χ3n) is 4.99. The van der Waals surface area contributed by atoms with Crippen molar-refractivity contribution in [1.29, 1.82) is 5.26 Å². The maximum absolute atomic E-state index is 13.4. The number of nitriles is 1. The zero-order valence-electron chi connectivity index (χ0n) is 17.2. The summed E-state index contributed by atoms with van der Waals surface area (Å²) in [5, 5.41) is 9.74. The van der Waals surface area contributed by atoms with E-state index in [-0.39, 0.29) is 17.0 Å². The Kier molecular flexibility index (Phi) is 5.95. The average molecular weight is 394 g/mol. The van der Waals surface area contributed by atoms with Gasteiger partial charge >= 0.3 is 0 Å². The van der Waals surface area contributed by atoms with Gasteiger partial charge in [-0.05, 0) is 45.6 Å². The van der Waals surface area contributed by atoms with Gasteiger partial charge in [0.15, 0.2) is 0 Å². The number of ether oxygens (including phenoxy) is 2. The van der Waals surface area contributed by atoms with Crippen molar-refractivity contribution in [3.8, 4) is 17.6 Å². The highest BCUT2D eigenvalue weighted by Gasteiger charge is 2.34. The Bertz CT molecular complexity index is 1030. The van der Waals surface area contributed by atoms with Gasteiger partial charge in [0.25, 0.3) is 5.56 Å². The Morgan fingerprint density at radius 1 is 1.31 bits per heavy atom. The predicted octanol–water partition coefficient (Wildman–Crippen LogP) is 2.34. The van der Waals surface area contributed by atoms with Gasteiger partial charge in [0.2, 0.25) is 5.88 Å². The van der Waals surface area contributed by atoms with E-state index in [1.54, 1.807) is 4.57 Å². The molecule has 1 aliphatic heterocycles. The van der Waals surface area contributed by atoms with Crippen LogP contribution >= 0.6 is 0 Å². The zero-order valence-corrected chi connectivity index (χ0v) is 17.2. The van der Waals surface area contributed by atoms with E-state index in [9.17, 15) is 10.1 Å². The standard InChI is InChI=1S/C22H26N4O3/c1-5-28-16-8-6-15(7-9-16)19-17(13-23)21(24)29-18-12-14(2)26(11-10-25(3)4)22(27)20(18)19/h6-9,12,19H,5,10-11,24H2,1-4H3. The summed E-state index contributed by atoms with van der Waals surface area (Å²) in [6, 6.07) is 11.3. The number of nitrogens with zero attached hydrogens (tertiary/aromatic N) is 3. The number of hydrogen-bond donors (Lipinski definition) is 1. The van der Waals surface area contributed by atoms with E-state index in [1.165, 1.54) is 0 Å². The highest BCUT2D eigenvalue weighted by molar-refractivity contribution is 5.55. The molecule has 7 nitrogen and oxygen atoms in total. The molecular formula is C22H26N4O3. The van der Waals surface area contributed by atoms with Crippen LogP contribution in [0.4, 0.5) is 0 Å². The first-order valence-electron chi connectivity index (χ1n) is 9.56. The minimum atomic E-state index is -0.585. The number of hydrogen-bond acceptors (Lipinski definition) is 6. The van der Waals surface area contributed by atoms with Crippen molar-refractivity contribution < 1.29 is 9.47 Å². The second kappa shape index (κ2) is 8.41. The molecule has 0 aliphatic carbocycles. The van der Waals surface area contributed by atoms with E-state index < -0.39 is 5.92 Å². The van der Waals surface area contributed by atoms with Crippen LogP contribution in [0.3, 0.4) is 0 Å². The van der Waals surface area contributed by atoms with E-state index in [2.05, 4.69) is 6.07 Å². The molecule has 2 aromatic rings. The van der Waals surface area contributed by atoms with Crippen LogP contribution in [0.25, 0.3) is 0 Å². The first-order chi connectivity index (χ1) is 13.9. The molecule has 0 saturated heterocycles. The molecule has 1 atom stereocenters. The van der Waals surface area contributed by atoms with Gasteiger partial charge in [0, 0.05) is 24.8 Å². The molecule has 0 spiro atoms. The molecule has 0 amide bonds. The molecule has 1 aromatic heterocycles. The lowest BCUT2D eigenvalue weighted by molar-refractivity contribution is 0.340. The van der Waals surface area contributed by atoms with Crippen molar-refractivity contribution in [1.82, 2.24) is 9.47 Å². The fourth-order valence-electron chi connectivity index (χ4n) is 3.52. The summed E-state index contributed by atoms with van der Waals surface area (Å²) >= 11 is 0. The largest absolute Gasteiger partial charge is 0.494 e. The van der Waals surface area contributed by atoms with Gasteiger partial charge in [-0.1, -0.05) is 12.1 Å². The highest BCUT2D eigenvalue weighted by atomic mass is 16.5. The summed E-state index contributed by atoms with van der Waals surface area (Å²) in [7, 11) is 3.92. The summed E-state index contributed by atoms with van der Waals surface area (Å²) < 4.78 is 12.9. The summed E-state index contributed by atoms with van der Waals surface area (Å²) in [6.07, 6.45) is 0. The SMILES string of the molecule is CCOc1ccc(C2C(C#N)=C(N)Oc3cc(C)n(CCN(C)C)c(=O)c32)cc1. The molecule has 2 heterocycles. The molecular weight excluding hydrogens is 368 g/mol. The lowest BCUT2D eigenvalue weighted by Crippen LogP contribution is -2.34. The number of likely N-dealkylation sites (N-methyl/N-ethyl adjacent to an activating group) is 1. The smallest absolute Gasteiger partial charge is 0.258 e. The molecule has 3 rings (SSSR count). The first-order valence-corrected chi connectivity index (χ1v) is 9.56. The third kappa shape index (κ3) is 3.98. The van der Waals surface area contributed by atoms with Crippen molar-refractivity contribution in [3.05, 3.63) is 69.0 Å². The van der Waals surface area contributed by atoms with Gasteiger partial charge in [0.1, 0.15) is 23.1 Å². The Morgan fingerprint density at radius 2 is 2.00 bits per heavy atom. The van der Waals surface area contributed by atoms with Gasteiger partial charge in [-0.15, -0.1) is 0 Å². The van der Waals surface area contributed by atoms with Crippen LogP contribution in [0.2, 0.25) is 0 Å². The molecule has 29 heavy (non-hydrogen) atoms. The van der Waals surface area contributed by atoms with Crippen molar-refractivity contribution in [2.45, 2.75) is 26.3 Å². The van der Waals surface area contributed by atoms with Gasteiger partial charge in [-0.2, -0.15) is 5.26 Å². The normalized spacial score (nSPS) is 15.7. The Balaban J connectivity index is 2.17. The van der Waals surface area contributed by atoms with Gasteiger partial charge in [-0.3, -0.25) is 4.79 Å². The lowest BCUT2D eigenvalue weighted by atomic mass is 9.84. The van der Waals surface area contributed by atoms with Crippen LogP contribution in [0, 0.1) is 18.3 Å². The van der Waals surface area contributed by atoms with E-state index >= 15 is 0 Å². The molecule has 2 N–H and O–H groups in total. The number of aromatic nitrogens is 1. The number of benzene rings is 1. The fraction of sp³-hybridized carbons (Fsp3) is 0.364. The number of aryl methyl sites for hydroxylation is 1. The third-order valence-corrected chi connectivity index (χ3v) is 4.99. The van der Waals surface area contributed by atoms with E-state index in [1.807, 2.05) is 63.2 Å². The minimum Gasteiger partial charge on any atom is -0.494 e. The summed E-state index contributed by atoms with van der Waals surface area (Å²) in [5.41, 5.74) is 8.12. The molecule has 0 bridgehead atoms. The van der Waals surface area contributed by atoms with Crippen LogP contribution in [-0.4, -0.2) is 36.7 Å². The minimum absolute atomic E-state index is 0.0312. The van der Waals surface area contributed by atoms with Crippen LogP contribution in [-0.2, 0) is 6.54 Å². The Labute approximate surface area is 170 Å². The predicted molar refractivity (Wildman–Crippen MR) is 111 cm³/mol. The molecule has 1 aliphatic rings. The lowest BCUT2D eigenvalue weighted by Gasteiger charge is -2.27. The monoisotopic (exact) mass is 394 g/mol. The second-order valence-corrected chi connectivity index (χ2v) is 7.25. The number of rotatable bonds is 6. The first kappa shape index (κ1) is 20.5. The van der Waals surface area contributed by atoms with Gasteiger partial charge in [0.05, 0.1) is 18.1 Å². The average Bonchev–Trinajstić information content (AvgIpc) is 2.67. The quantitative estimate of drug-likeness (QED) is 0.808. The zero-order chi connectivity index (χ0) is 21.1. The number of nitrogens with two attached hydrogens (primary N) is 1. The summed E-state index contributed by atoms with van der Waals surface area (Å²) in [5.74, 6) is 0.581. The summed E-state index contributed by atoms with van der Waals surface area (Å²) in [4.78, 5) is 15.5. The molecule has 152 valence electrons. The maximum Gasteiger partial charge on any atom is 0.258 e. The van der Waals surface area contributed by atoms with E-state index in [0.717, 1.165) is 23.6 Å². The molecule has 0 saturated carbocycles. The summed E-state index contributed by atoms with van der Waals surface area (Å²) in [6.45, 7) is 5.61. The number of allylic oxidation sites excluding steroid dienone is 1. The number of fused-ring (bicyclic) bond motifs is 1. The molecule has 1 aromatic carbocycles. The van der Waals surface area contributed by atoms with Gasteiger partial charge < -0.3 is 24.7 Å². The van der Waals surface area contributed by atoms with Crippen LogP contribution in [0.5, 0.6) is 11.5 Å². The second-order valence-electron chi connectivity index (χ2n) is 7.25. The van der Waals surface area contributed by atoms with Crippen LogP contribution < -0.4 is 20.8 Å². The fourth-order valence-corrected chi connectivity index (χ4v) is 3.52. The highest BCUT2D eigenvalue weighted by Crippen LogP contribution is 2.40. The van der Waals surface area contributed by atoms with Crippen molar-refractivity contribution in [2.24, 2.45) is 5.73 Å². The van der Waals surface area contributed by atoms with Crippen molar-refractivity contribution in [3.63, 3.8) is 0 Å². The Morgan fingerprint density at radius 3 is 2.59 bits per heavy atom. The van der Waals surface area contributed by atoms with Crippen LogP contribution in [0.15, 0.2) is 46.6 Å². The van der Waals surface area contributed by atoms with E-state index in [4.69, 9.17) is 15.2 Å². The molecule has 0 fully saturated rings. The topological polar surface area (TPSA) is 93.5 Å². The van der Waals surface area contributed by atoms with Crippen molar-refractivity contribution in [2.75, 3.05) is 27.2 Å². The molecule has 1 unspecified atom stereocenters. The van der Waals surface area contributed by atoms with Gasteiger partial charge in [-0.25, -0.2) is 0 Å². The van der Waals surface area contributed by atoms with Crippen LogP contribution in [0.1, 0.15) is 29.7 Å². The number of pyridine rings is 1. The maximum atomic E-state index is 13.4. The Hall–Kier alpha value is -3.24.